The van der Waals surface area contributed by atoms with E-state index in [1.807, 2.05) is 49.4 Å². The molecule has 5 heteroatoms. The first-order valence-corrected chi connectivity index (χ1v) is 13.9. The average Bonchev–Trinajstić information content (AvgIpc) is 2.88. The molecule has 1 aliphatic rings. The van der Waals surface area contributed by atoms with Crippen molar-refractivity contribution in [2.45, 2.75) is 102 Å². The van der Waals surface area contributed by atoms with Crippen molar-refractivity contribution in [2.24, 2.45) is 11.7 Å². The van der Waals surface area contributed by atoms with E-state index in [-0.39, 0.29) is 35.2 Å². The lowest BCUT2D eigenvalue weighted by Crippen LogP contribution is -2.48. The minimum Gasteiger partial charge on any atom is -0.469 e. The van der Waals surface area contributed by atoms with E-state index < -0.39 is 5.60 Å². The van der Waals surface area contributed by atoms with Crippen LogP contribution in [0.3, 0.4) is 0 Å². The van der Waals surface area contributed by atoms with Crippen molar-refractivity contribution in [3.8, 4) is 0 Å². The second kappa shape index (κ2) is 12.7. The number of ether oxygens (including phenoxy) is 2. The van der Waals surface area contributed by atoms with Gasteiger partial charge in [-0.25, -0.2) is 0 Å². The molecule has 0 spiro atoms. The van der Waals surface area contributed by atoms with E-state index in [9.17, 15) is 9.59 Å². The molecule has 202 valence electrons. The second-order valence-corrected chi connectivity index (χ2v) is 11.3. The Balaban J connectivity index is 1.92. The van der Waals surface area contributed by atoms with Gasteiger partial charge in [0, 0.05) is 12.0 Å². The fourth-order valence-electron chi connectivity index (χ4n) is 5.85. The van der Waals surface area contributed by atoms with Crippen LogP contribution in [0.25, 0.3) is 0 Å². The molecule has 5 nitrogen and oxygen atoms in total. The van der Waals surface area contributed by atoms with E-state index in [0.717, 1.165) is 55.2 Å². The van der Waals surface area contributed by atoms with E-state index in [0.29, 0.717) is 12.8 Å². The number of hydrogen-bond donors (Lipinski definition) is 1. The molecule has 0 amide bonds. The average molecular weight is 508 g/mol. The summed E-state index contributed by atoms with van der Waals surface area (Å²) in [6.07, 6.45) is 6.54. The number of nitrogens with two attached hydrogens (primary N) is 1. The second-order valence-electron chi connectivity index (χ2n) is 11.3. The van der Waals surface area contributed by atoms with Crippen LogP contribution in [0.4, 0.5) is 0 Å². The van der Waals surface area contributed by atoms with Gasteiger partial charge in [0.25, 0.3) is 0 Å². The summed E-state index contributed by atoms with van der Waals surface area (Å²) in [7, 11) is 1.43. The van der Waals surface area contributed by atoms with Crippen molar-refractivity contribution in [1.29, 1.82) is 0 Å². The maximum absolute atomic E-state index is 13.8. The Morgan fingerprint density at radius 2 is 1.65 bits per heavy atom. The normalized spacial score (nSPS) is 22.9. The van der Waals surface area contributed by atoms with Gasteiger partial charge in [-0.2, -0.15) is 0 Å². The molecule has 0 aromatic heterocycles. The summed E-state index contributed by atoms with van der Waals surface area (Å²) in [4.78, 5) is 26.1. The van der Waals surface area contributed by atoms with Crippen LogP contribution in [-0.4, -0.2) is 30.2 Å². The molecule has 3 rings (SSSR count). The summed E-state index contributed by atoms with van der Waals surface area (Å²) in [5.74, 6) is -0.776. The minimum absolute atomic E-state index is 0.159. The van der Waals surface area contributed by atoms with E-state index in [4.69, 9.17) is 15.2 Å². The number of carbonyl (C=O) groups excluding carboxylic acids is 2. The standard InChI is InChI=1S/C32H45NO4/c1-6-12-28(24-14-9-8-10-15-24)30(35)37-32(4,26-17-19-31(3,33)20-18-26)22-23-13-11-16-25(21-23)27(7-2)29(34)36-5/h8-11,13-16,21,26-28H,6-7,12,17-20,22,33H2,1-5H3. The summed E-state index contributed by atoms with van der Waals surface area (Å²) in [5.41, 5.74) is 8.60. The van der Waals surface area contributed by atoms with Crippen molar-refractivity contribution >= 4 is 11.9 Å². The third-order valence-corrected chi connectivity index (χ3v) is 8.19. The zero-order chi connectivity index (χ0) is 27.1. The summed E-state index contributed by atoms with van der Waals surface area (Å²) in [6, 6.07) is 18.1. The molecule has 2 N–H and O–H groups in total. The van der Waals surface area contributed by atoms with Crippen LogP contribution in [-0.2, 0) is 25.5 Å². The summed E-state index contributed by atoms with van der Waals surface area (Å²) in [5, 5.41) is 0. The van der Waals surface area contributed by atoms with Crippen molar-refractivity contribution < 1.29 is 19.1 Å². The van der Waals surface area contributed by atoms with Gasteiger partial charge in [-0.3, -0.25) is 9.59 Å². The van der Waals surface area contributed by atoms with Gasteiger partial charge >= 0.3 is 11.9 Å². The highest BCUT2D eigenvalue weighted by Gasteiger charge is 2.43. The Bertz CT molecular complexity index is 1020. The first-order valence-electron chi connectivity index (χ1n) is 13.9. The van der Waals surface area contributed by atoms with Crippen LogP contribution in [0, 0.1) is 5.92 Å². The monoisotopic (exact) mass is 507 g/mol. The maximum atomic E-state index is 13.8. The SMILES string of the molecule is CCCC(C(=O)OC(C)(Cc1cccc(C(CC)C(=O)OC)c1)C1CCC(C)(N)CC1)c1ccccc1. The smallest absolute Gasteiger partial charge is 0.313 e. The van der Waals surface area contributed by atoms with E-state index in [1.165, 1.54) is 7.11 Å². The minimum atomic E-state index is -0.681. The highest BCUT2D eigenvalue weighted by molar-refractivity contribution is 5.79. The zero-order valence-corrected chi connectivity index (χ0v) is 23.3. The van der Waals surface area contributed by atoms with Gasteiger partial charge in [-0.15, -0.1) is 0 Å². The molecular weight excluding hydrogens is 462 g/mol. The first kappa shape index (κ1) is 28.9. The molecule has 1 aliphatic carbocycles. The number of esters is 2. The fraction of sp³-hybridized carbons (Fsp3) is 0.562. The molecule has 0 heterocycles. The molecule has 37 heavy (non-hydrogen) atoms. The van der Waals surface area contributed by atoms with Crippen molar-refractivity contribution in [3.63, 3.8) is 0 Å². The van der Waals surface area contributed by atoms with Gasteiger partial charge in [0.2, 0.25) is 0 Å². The van der Waals surface area contributed by atoms with Crippen LogP contribution in [0.15, 0.2) is 54.6 Å². The molecule has 1 saturated carbocycles. The highest BCUT2D eigenvalue weighted by Crippen LogP contribution is 2.41. The number of rotatable bonds is 11. The van der Waals surface area contributed by atoms with Crippen LogP contribution in [0.2, 0.25) is 0 Å². The predicted molar refractivity (Wildman–Crippen MR) is 148 cm³/mol. The van der Waals surface area contributed by atoms with E-state index >= 15 is 0 Å². The lowest BCUT2D eigenvalue weighted by Gasteiger charge is -2.44. The molecule has 2 aromatic carbocycles. The van der Waals surface area contributed by atoms with Gasteiger partial charge in [0.1, 0.15) is 5.60 Å². The maximum Gasteiger partial charge on any atom is 0.313 e. The van der Waals surface area contributed by atoms with Crippen molar-refractivity contribution in [3.05, 3.63) is 71.3 Å². The van der Waals surface area contributed by atoms with Gasteiger partial charge < -0.3 is 15.2 Å². The Morgan fingerprint density at radius 1 is 1.00 bits per heavy atom. The Labute approximate surface area is 223 Å². The zero-order valence-electron chi connectivity index (χ0n) is 23.3. The van der Waals surface area contributed by atoms with Crippen LogP contribution in [0.1, 0.15) is 101 Å². The first-order chi connectivity index (χ1) is 17.6. The number of carbonyl (C=O) groups is 2. The lowest BCUT2D eigenvalue weighted by molar-refractivity contribution is -0.168. The van der Waals surface area contributed by atoms with Gasteiger partial charge in [-0.1, -0.05) is 74.9 Å². The molecule has 2 aromatic rings. The van der Waals surface area contributed by atoms with E-state index in [2.05, 4.69) is 32.9 Å². The molecular formula is C32H45NO4. The van der Waals surface area contributed by atoms with Gasteiger partial charge in [-0.05, 0) is 75.0 Å². The lowest BCUT2D eigenvalue weighted by atomic mass is 9.70. The third kappa shape index (κ3) is 7.44. The predicted octanol–water partition coefficient (Wildman–Crippen LogP) is 6.69. The molecule has 3 unspecified atom stereocenters. The van der Waals surface area contributed by atoms with Crippen molar-refractivity contribution in [1.82, 2.24) is 0 Å². The highest BCUT2D eigenvalue weighted by atomic mass is 16.6. The fourth-order valence-corrected chi connectivity index (χ4v) is 5.85. The molecule has 3 atom stereocenters. The summed E-state index contributed by atoms with van der Waals surface area (Å²) >= 11 is 0. The Morgan fingerprint density at radius 3 is 2.24 bits per heavy atom. The van der Waals surface area contributed by atoms with Gasteiger partial charge in [0.05, 0.1) is 18.9 Å². The third-order valence-electron chi connectivity index (χ3n) is 8.19. The Hall–Kier alpha value is -2.66. The van der Waals surface area contributed by atoms with Crippen LogP contribution >= 0.6 is 0 Å². The largest absolute Gasteiger partial charge is 0.469 e. The van der Waals surface area contributed by atoms with Gasteiger partial charge in [0.15, 0.2) is 0 Å². The van der Waals surface area contributed by atoms with Crippen molar-refractivity contribution in [2.75, 3.05) is 7.11 Å². The number of hydrogen-bond acceptors (Lipinski definition) is 5. The van der Waals surface area contributed by atoms with Crippen LogP contribution < -0.4 is 5.73 Å². The quantitative estimate of drug-likeness (QED) is 0.343. The molecule has 0 saturated heterocycles. The Kier molecular flexibility index (Phi) is 9.94. The number of benzene rings is 2. The molecule has 0 radical (unpaired) electrons. The number of methoxy groups -OCH3 is 1. The molecule has 0 bridgehead atoms. The topological polar surface area (TPSA) is 78.6 Å². The summed E-state index contributed by atoms with van der Waals surface area (Å²) in [6.45, 7) is 8.29. The molecule has 1 fully saturated rings. The summed E-state index contributed by atoms with van der Waals surface area (Å²) < 4.78 is 11.6. The molecule has 0 aliphatic heterocycles. The van der Waals surface area contributed by atoms with E-state index in [1.54, 1.807) is 0 Å². The van der Waals surface area contributed by atoms with Crippen LogP contribution in [0.5, 0.6) is 0 Å².